The zero-order valence-electron chi connectivity index (χ0n) is 76.3. The number of rotatable bonds is 8. The number of para-hydroxylation sites is 3. The van der Waals surface area contributed by atoms with Crippen LogP contribution in [0.1, 0.15) is 22.3 Å². The molecule has 6 aromatic heterocycles. The molecule has 29 rings (SSSR count). The predicted octanol–water partition coefficient (Wildman–Crippen LogP) is 35.5. The highest BCUT2D eigenvalue weighted by atomic mass is 16.3. The van der Waals surface area contributed by atoms with E-state index in [1.807, 2.05) is 24.7 Å². The zero-order valence-corrected chi connectivity index (χ0v) is 76.3. The molecule has 0 unspecified atom stereocenters. The molecule has 0 atom stereocenters. The van der Waals surface area contributed by atoms with Crippen molar-refractivity contribution in [3.8, 4) is 89.4 Å². The molecule has 29 aromatic rings. The molecule has 0 aliphatic rings. The Morgan fingerprint density at radius 2 is 0.453 bits per heavy atom. The largest absolute Gasteiger partial charge is 0.455 e. The van der Waals surface area contributed by atoms with Gasteiger partial charge in [-0.25, -0.2) is 15.0 Å². The third kappa shape index (κ3) is 13.1. The molecular weight excluding hydrogens is 1690 g/mol. The average molecular weight is 1780 g/mol. The Morgan fingerprint density at radius 3 is 0.863 bits per heavy atom. The van der Waals surface area contributed by atoms with Gasteiger partial charge in [0.05, 0.1) is 68.8 Å². The van der Waals surface area contributed by atoms with Crippen molar-refractivity contribution in [2.24, 2.45) is 0 Å². The molecule has 0 aliphatic carbocycles. The molecular formula is C130H82N6O3. The number of nitrogens with zero attached hydrogens (tertiary/aromatic N) is 6. The fourth-order valence-electron chi connectivity index (χ4n) is 22.1. The minimum Gasteiger partial charge on any atom is -0.455 e. The van der Waals surface area contributed by atoms with Crippen LogP contribution in [0.3, 0.4) is 0 Å². The van der Waals surface area contributed by atoms with Gasteiger partial charge in [0, 0.05) is 109 Å². The summed E-state index contributed by atoms with van der Waals surface area (Å²) in [5.74, 6) is 0. The Kier molecular flexibility index (Phi) is 18.7. The highest BCUT2D eigenvalue weighted by molar-refractivity contribution is 6.30. The number of benzene rings is 23. The van der Waals surface area contributed by atoms with Crippen LogP contribution in [0.5, 0.6) is 0 Å². The van der Waals surface area contributed by atoms with Crippen molar-refractivity contribution in [2.45, 2.75) is 27.7 Å². The highest BCUT2D eigenvalue weighted by Gasteiger charge is 2.26. The SMILES string of the molecule is Cc1cc(C)c(-c2cccc3c2oc2c(-c4cccc(-c5cnc6c7ccccc7c7ccccc7c6n5)c4)cc4ccccc4c23)c(C)c1.Cc1cccc2c1oc1c(-c3ccc(-c4cnc5c6ccccc6c6ccccc6c5n4)cc3)cc3ccccc3c12.c1ccc(-c2cccc3c2oc2c(-c4ccc(-c5cnc6c7ccccc7c7ccccc7c6n5)cc4)cc4ccccc4c23)cc1. The van der Waals surface area contributed by atoms with E-state index in [4.69, 9.17) is 43.2 Å². The average Bonchev–Trinajstić information content (AvgIpc) is 1.02. The maximum atomic E-state index is 7.04. The fraction of sp³-hybridized carbons (Fsp3) is 0.0308. The number of hydrogen-bond acceptors (Lipinski definition) is 9. The minimum absolute atomic E-state index is 0.842. The molecule has 9 nitrogen and oxygen atoms in total. The molecule has 650 valence electrons. The third-order valence-corrected chi connectivity index (χ3v) is 28.4. The second kappa shape index (κ2) is 32.3. The van der Waals surface area contributed by atoms with Gasteiger partial charge >= 0.3 is 0 Å². The van der Waals surface area contributed by atoms with Gasteiger partial charge in [0.15, 0.2) is 0 Å². The molecule has 0 bridgehead atoms. The second-order valence-electron chi connectivity index (χ2n) is 36.7. The van der Waals surface area contributed by atoms with Crippen molar-refractivity contribution < 1.29 is 13.3 Å². The van der Waals surface area contributed by atoms with Gasteiger partial charge in [0.2, 0.25) is 0 Å². The Labute approximate surface area is 797 Å². The van der Waals surface area contributed by atoms with Gasteiger partial charge in [-0.1, -0.05) is 388 Å². The van der Waals surface area contributed by atoms with E-state index in [2.05, 4.69) is 428 Å². The Balaban J connectivity index is 0.000000105. The molecule has 0 fully saturated rings. The lowest BCUT2D eigenvalue weighted by Crippen LogP contribution is -1.92. The van der Waals surface area contributed by atoms with E-state index in [0.717, 1.165) is 215 Å². The Hall–Kier alpha value is -18.2. The Bertz CT molecular complexity index is 10100. The van der Waals surface area contributed by atoms with Gasteiger partial charge in [0.25, 0.3) is 0 Å². The first-order valence-corrected chi connectivity index (χ1v) is 47.3. The van der Waals surface area contributed by atoms with E-state index in [-0.39, 0.29) is 0 Å². The van der Waals surface area contributed by atoms with E-state index in [0.29, 0.717) is 0 Å². The van der Waals surface area contributed by atoms with E-state index < -0.39 is 0 Å². The minimum atomic E-state index is 0.842. The second-order valence-corrected chi connectivity index (χ2v) is 36.7. The molecule has 23 aromatic carbocycles. The van der Waals surface area contributed by atoms with Crippen molar-refractivity contribution in [3.63, 3.8) is 0 Å². The summed E-state index contributed by atoms with van der Waals surface area (Å²) in [5, 5.41) is 27.9. The molecule has 0 N–H and O–H groups in total. The maximum absolute atomic E-state index is 7.04. The van der Waals surface area contributed by atoms with Crippen molar-refractivity contribution in [1.29, 1.82) is 0 Å². The first kappa shape index (κ1) is 80.5. The van der Waals surface area contributed by atoms with Crippen LogP contribution in [0.25, 0.3) is 285 Å². The molecule has 0 saturated heterocycles. The van der Waals surface area contributed by atoms with Crippen LogP contribution in [0.4, 0.5) is 0 Å². The molecule has 0 radical (unpaired) electrons. The Morgan fingerprint density at radius 1 is 0.173 bits per heavy atom. The summed E-state index contributed by atoms with van der Waals surface area (Å²) in [6.45, 7) is 8.66. The van der Waals surface area contributed by atoms with Crippen LogP contribution in [0.2, 0.25) is 0 Å². The van der Waals surface area contributed by atoms with Crippen LogP contribution in [0, 0.1) is 27.7 Å². The van der Waals surface area contributed by atoms with E-state index in [1.165, 1.54) is 92.3 Å². The lowest BCUT2D eigenvalue weighted by atomic mass is 9.91. The van der Waals surface area contributed by atoms with Crippen molar-refractivity contribution in [2.75, 3.05) is 0 Å². The van der Waals surface area contributed by atoms with Crippen LogP contribution in [0.15, 0.2) is 438 Å². The monoisotopic (exact) mass is 1770 g/mol. The van der Waals surface area contributed by atoms with Crippen LogP contribution in [-0.2, 0) is 0 Å². The number of aromatic nitrogens is 6. The van der Waals surface area contributed by atoms with Gasteiger partial charge in [-0.15, -0.1) is 0 Å². The van der Waals surface area contributed by atoms with E-state index in [9.17, 15) is 0 Å². The number of fused-ring (bicyclic) bond motifs is 33. The summed E-state index contributed by atoms with van der Waals surface area (Å²) in [5.41, 5.74) is 32.7. The molecule has 0 aliphatic heterocycles. The maximum Gasteiger partial charge on any atom is 0.143 e. The molecule has 6 heterocycles. The van der Waals surface area contributed by atoms with Crippen molar-refractivity contribution in [1.82, 2.24) is 29.9 Å². The van der Waals surface area contributed by atoms with Gasteiger partial charge in [-0.05, 0) is 161 Å². The van der Waals surface area contributed by atoms with Gasteiger partial charge in [-0.2, -0.15) is 0 Å². The smallest absolute Gasteiger partial charge is 0.143 e. The first-order chi connectivity index (χ1) is 68.6. The summed E-state index contributed by atoms with van der Waals surface area (Å²) in [6, 6.07) is 144. The quantitative estimate of drug-likeness (QED) is 0.137. The molecule has 0 amide bonds. The van der Waals surface area contributed by atoms with Crippen molar-refractivity contribution in [3.05, 3.63) is 447 Å². The molecule has 9 heteroatoms. The summed E-state index contributed by atoms with van der Waals surface area (Å²) in [6.07, 6.45) is 5.71. The third-order valence-electron chi connectivity index (χ3n) is 28.4. The van der Waals surface area contributed by atoms with Crippen LogP contribution in [-0.4, -0.2) is 29.9 Å². The van der Waals surface area contributed by atoms with E-state index in [1.54, 1.807) is 0 Å². The van der Waals surface area contributed by atoms with Crippen LogP contribution >= 0.6 is 0 Å². The van der Waals surface area contributed by atoms with Gasteiger partial charge in [-0.3, -0.25) is 15.0 Å². The number of furan rings is 3. The lowest BCUT2D eigenvalue weighted by Gasteiger charge is -2.12. The van der Waals surface area contributed by atoms with Gasteiger partial charge in [0.1, 0.15) is 33.5 Å². The summed E-state index contributed by atoms with van der Waals surface area (Å²) >= 11 is 0. The molecule has 0 spiro atoms. The summed E-state index contributed by atoms with van der Waals surface area (Å²) in [4.78, 5) is 30.6. The predicted molar refractivity (Wildman–Crippen MR) is 580 cm³/mol. The lowest BCUT2D eigenvalue weighted by molar-refractivity contribution is 0.667. The van der Waals surface area contributed by atoms with Crippen LogP contribution < -0.4 is 0 Å². The first-order valence-electron chi connectivity index (χ1n) is 47.3. The van der Waals surface area contributed by atoms with Crippen molar-refractivity contribution >= 4 is 196 Å². The highest BCUT2D eigenvalue weighted by Crippen LogP contribution is 2.50. The number of aryl methyl sites for hydroxylation is 4. The van der Waals surface area contributed by atoms with Gasteiger partial charge < -0.3 is 13.3 Å². The zero-order chi connectivity index (χ0) is 92.2. The molecule has 139 heavy (non-hydrogen) atoms. The fourth-order valence-corrected chi connectivity index (χ4v) is 22.1. The number of hydrogen-bond donors (Lipinski definition) is 0. The standard InChI is InChI=1S/C47H32N2O.C44H26N2O.C39H24N2O/c1-27-22-28(2)42(29(3)23-27)38-20-11-21-39-43-33-15-5-4-12-31(33)25-40(47(43)50-46(38)39)30-13-10-14-32(24-30)41-26-48-44-36-18-8-6-16-34(36)35-17-7-9-19-37(35)45(44)49-41;1-2-11-27(12-3-1)32-19-10-20-37-40-31-14-5-4-13-30(31)25-38(44(40)47-43(32)37)28-21-23-29(24-22-28)39-26-45-41-35-17-8-6-15-33(35)34-16-7-9-18-36(34)42(41)46-39;1-23-9-8-16-32-35-27-11-3-2-10-26(27)21-33(39(35)42-38(23)32)24-17-19-25(20-18-24)34-22-40-36-30-14-6-4-12-28(30)29-13-5-7-15-31(29)37(36)41-34/h4-26H,1-3H3;1-26H;2-22H,1H3. The molecule has 0 saturated carbocycles. The summed E-state index contributed by atoms with van der Waals surface area (Å²) in [7, 11) is 0. The normalized spacial score (nSPS) is 11.9. The summed E-state index contributed by atoms with van der Waals surface area (Å²) < 4.78 is 20.5. The van der Waals surface area contributed by atoms with E-state index >= 15 is 0 Å². The topological polar surface area (TPSA) is 117 Å².